The number of hydrazine groups is 1. The molecule has 0 bridgehead atoms. The normalized spacial score (nSPS) is 13.2. The average Bonchev–Trinajstić information content (AvgIpc) is 3.35. The van der Waals surface area contributed by atoms with E-state index in [1.54, 1.807) is 30.5 Å². The number of rotatable bonds is 5. The zero-order valence-corrected chi connectivity index (χ0v) is 19.3. The van der Waals surface area contributed by atoms with E-state index in [1.165, 1.54) is 24.2 Å². The molecular formula is C25H24N6O4. The lowest BCUT2D eigenvalue weighted by molar-refractivity contribution is -0.0551. The minimum absolute atomic E-state index is 0.0568. The summed E-state index contributed by atoms with van der Waals surface area (Å²) in [5, 5.41) is 5.95. The van der Waals surface area contributed by atoms with E-state index < -0.39 is 11.9 Å². The molecule has 1 aliphatic rings. The van der Waals surface area contributed by atoms with Crippen LogP contribution < -0.4 is 15.1 Å². The number of amides is 3. The summed E-state index contributed by atoms with van der Waals surface area (Å²) >= 11 is 0. The van der Waals surface area contributed by atoms with Crippen LogP contribution in [0, 0.1) is 0 Å². The van der Waals surface area contributed by atoms with Crippen molar-refractivity contribution in [3.8, 4) is 17.0 Å². The van der Waals surface area contributed by atoms with E-state index in [2.05, 4.69) is 15.3 Å². The first kappa shape index (κ1) is 22.4. The van der Waals surface area contributed by atoms with Crippen LogP contribution in [0.5, 0.6) is 5.75 Å². The molecule has 10 heteroatoms. The number of hydrogen-bond donors (Lipinski definition) is 2. The number of fused-ring (bicyclic) bond motifs is 1. The topological polar surface area (TPSA) is 113 Å². The Labute approximate surface area is 201 Å². The van der Waals surface area contributed by atoms with Crippen LogP contribution in [0.2, 0.25) is 0 Å². The molecule has 0 aliphatic carbocycles. The lowest BCUT2D eigenvalue weighted by atomic mass is 10.1. The van der Waals surface area contributed by atoms with E-state index >= 15 is 0 Å². The van der Waals surface area contributed by atoms with E-state index in [1.807, 2.05) is 36.4 Å². The van der Waals surface area contributed by atoms with Crippen molar-refractivity contribution in [3.05, 3.63) is 72.4 Å². The lowest BCUT2D eigenvalue weighted by Gasteiger charge is -2.42. The van der Waals surface area contributed by atoms with Gasteiger partial charge in [-0.15, -0.1) is 0 Å². The molecule has 4 aromatic rings. The predicted molar refractivity (Wildman–Crippen MR) is 130 cm³/mol. The average molecular weight is 473 g/mol. The van der Waals surface area contributed by atoms with E-state index in [9.17, 15) is 9.59 Å². The van der Waals surface area contributed by atoms with E-state index in [-0.39, 0.29) is 25.2 Å². The molecule has 3 heterocycles. The number of H-pyrrole nitrogens is 1. The van der Waals surface area contributed by atoms with Crippen LogP contribution >= 0.6 is 0 Å². The van der Waals surface area contributed by atoms with Crippen molar-refractivity contribution >= 4 is 28.9 Å². The second-order valence-corrected chi connectivity index (χ2v) is 7.92. The number of aromatic amines is 1. The Morgan fingerprint density at radius 3 is 2.57 bits per heavy atom. The van der Waals surface area contributed by atoms with Gasteiger partial charge < -0.3 is 19.8 Å². The largest absolute Gasteiger partial charge is 0.497 e. The third-order valence-electron chi connectivity index (χ3n) is 5.75. The van der Waals surface area contributed by atoms with Gasteiger partial charge in [-0.25, -0.2) is 14.8 Å². The van der Waals surface area contributed by atoms with E-state index in [0.29, 0.717) is 22.7 Å². The maximum Gasteiger partial charge on any atom is 0.343 e. The van der Waals surface area contributed by atoms with Crippen molar-refractivity contribution in [1.29, 1.82) is 0 Å². The highest BCUT2D eigenvalue weighted by molar-refractivity contribution is 6.01. The Bertz CT molecular complexity index is 1370. The third kappa shape index (κ3) is 4.15. The van der Waals surface area contributed by atoms with Gasteiger partial charge in [0, 0.05) is 29.8 Å². The maximum absolute atomic E-state index is 13.8. The number of hydrogen-bond acceptors (Lipinski definition) is 6. The number of nitrogens with one attached hydrogen (secondary N) is 2. The van der Waals surface area contributed by atoms with Gasteiger partial charge in [-0.2, -0.15) is 9.99 Å². The summed E-state index contributed by atoms with van der Waals surface area (Å²) in [6, 6.07) is 17.3. The SMILES string of the molecule is CNC(=O)N(c1nc(-c2ccccc2)c2cc[nH]c2n1)N(C(=O)c1cccc(OC)c1)C1COC1. The number of anilines is 1. The molecule has 5 rings (SSSR count). The van der Waals surface area contributed by atoms with Crippen LogP contribution in [0.1, 0.15) is 10.4 Å². The Balaban J connectivity index is 1.66. The molecule has 35 heavy (non-hydrogen) atoms. The summed E-state index contributed by atoms with van der Waals surface area (Å²) in [5.74, 6) is 0.182. The van der Waals surface area contributed by atoms with Gasteiger partial charge in [0.05, 0.1) is 26.0 Å². The first-order valence-electron chi connectivity index (χ1n) is 11.1. The molecular weight excluding hydrogens is 448 g/mol. The summed E-state index contributed by atoms with van der Waals surface area (Å²) < 4.78 is 10.7. The quantitative estimate of drug-likeness (QED) is 0.431. The van der Waals surface area contributed by atoms with Crippen LogP contribution in [-0.4, -0.2) is 65.3 Å². The van der Waals surface area contributed by atoms with Crippen molar-refractivity contribution in [1.82, 2.24) is 25.3 Å². The fraction of sp³-hybridized carbons (Fsp3) is 0.200. The first-order valence-corrected chi connectivity index (χ1v) is 11.1. The van der Waals surface area contributed by atoms with E-state index in [0.717, 1.165) is 10.9 Å². The molecule has 0 radical (unpaired) electrons. The number of nitrogens with zero attached hydrogens (tertiary/aromatic N) is 4. The van der Waals surface area contributed by atoms with Gasteiger partial charge in [0.2, 0.25) is 0 Å². The molecule has 1 aliphatic heterocycles. The van der Waals surface area contributed by atoms with Crippen LogP contribution in [0.15, 0.2) is 66.9 Å². The van der Waals surface area contributed by atoms with Crippen molar-refractivity contribution in [2.24, 2.45) is 0 Å². The molecule has 2 aromatic heterocycles. The van der Waals surface area contributed by atoms with Gasteiger partial charge in [-0.1, -0.05) is 36.4 Å². The van der Waals surface area contributed by atoms with Crippen molar-refractivity contribution in [2.45, 2.75) is 6.04 Å². The molecule has 2 aromatic carbocycles. The molecule has 0 spiro atoms. The van der Waals surface area contributed by atoms with Gasteiger partial charge >= 0.3 is 6.03 Å². The van der Waals surface area contributed by atoms with Crippen LogP contribution in [-0.2, 0) is 4.74 Å². The standard InChI is InChI=1S/C25H24N6O4/c1-26-25(33)31(30(18-14-35-15-18)23(32)17-9-6-10-19(13-17)34-2)24-28-21(16-7-4-3-5-8-16)20-11-12-27-22(20)29-24/h3-13,18H,14-15H2,1-2H3,(H,26,33)(H,27,28,29). The van der Waals surface area contributed by atoms with Crippen molar-refractivity contribution in [2.75, 3.05) is 32.4 Å². The highest BCUT2D eigenvalue weighted by Crippen LogP contribution is 2.30. The highest BCUT2D eigenvalue weighted by atomic mass is 16.5. The van der Waals surface area contributed by atoms with Crippen molar-refractivity contribution in [3.63, 3.8) is 0 Å². The monoisotopic (exact) mass is 472 g/mol. The summed E-state index contributed by atoms with van der Waals surface area (Å²) in [6.45, 7) is 0.555. The zero-order valence-electron chi connectivity index (χ0n) is 19.3. The van der Waals surface area contributed by atoms with Crippen LogP contribution in [0.4, 0.5) is 10.7 Å². The Hall–Kier alpha value is -4.44. The second-order valence-electron chi connectivity index (χ2n) is 7.92. The van der Waals surface area contributed by atoms with Crippen LogP contribution in [0.25, 0.3) is 22.3 Å². The minimum Gasteiger partial charge on any atom is -0.497 e. The molecule has 1 saturated heterocycles. The Morgan fingerprint density at radius 2 is 1.89 bits per heavy atom. The summed E-state index contributed by atoms with van der Waals surface area (Å²) in [7, 11) is 3.02. The number of ether oxygens (including phenoxy) is 2. The van der Waals surface area contributed by atoms with Gasteiger partial charge in [-0.3, -0.25) is 4.79 Å². The minimum atomic E-state index is -0.557. The summed E-state index contributed by atoms with van der Waals surface area (Å²) in [5.41, 5.74) is 2.39. The smallest absolute Gasteiger partial charge is 0.343 e. The van der Waals surface area contributed by atoms with Gasteiger partial charge in [0.25, 0.3) is 11.9 Å². The number of carbonyl (C=O) groups is 2. The Morgan fingerprint density at radius 1 is 1.09 bits per heavy atom. The molecule has 1 fully saturated rings. The van der Waals surface area contributed by atoms with E-state index in [4.69, 9.17) is 14.5 Å². The summed E-state index contributed by atoms with van der Waals surface area (Å²) in [4.78, 5) is 39.5. The van der Waals surface area contributed by atoms with Crippen molar-refractivity contribution < 1.29 is 19.1 Å². The number of methoxy groups -OCH3 is 1. The molecule has 0 unspecified atom stereocenters. The fourth-order valence-electron chi connectivity index (χ4n) is 3.90. The highest BCUT2D eigenvalue weighted by Gasteiger charge is 2.39. The molecule has 3 amide bonds. The number of urea groups is 1. The molecule has 10 nitrogen and oxygen atoms in total. The van der Waals surface area contributed by atoms with Crippen LogP contribution in [0.3, 0.4) is 0 Å². The van der Waals surface area contributed by atoms with Gasteiger partial charge in [-0.05, 0) is 24.3 Å². The maximum atomic E-state index is 13.8. The molecule has 0 saturated carbocycles. The lowest BCUT2D eigenvalue weighted by Crippen LogP contribution is -2.63. The molecule has 2 N–H and O–H groups in total. The summed E-state index contributed by atoms with van der Waals surface area (Å²) in [6.07, 6.45) is 1.76. The third-order valence-corrected chi connectivity index (χ3v) is 5.75. The number of benzene rings is 2. The second kappa shape index (κ2) is 9.43. The van der Waals surface area contributed by atoms with Gasteiger partial charge in [0.15, 0.2) is 0 Å². The number of aromatic nitrogens is 3. The number of carbonyl (C=O) groups excluding carboxylic acids is 2. The first-order chi connectivity index (χ1) is 17.1. The molecule has 178 valence electrons. The van der Waals surface area contributed by atoms with Gasteiger partial charge in [0.1, 0.15) is 17.4 Å². The molecule has 0 atom stereocenters. The fourth-order valence-corrected chi connectivity index (χ4v) is 3.90. The Kier molecular flexibility index (Phi) is 6.02. The predicted octanol–water partition coefficient (Wildman–Crippen LogP) is 3.24. The zero-order chi connectivity index (χ0) is 24.4.